The summed E-state index contributed by atoms with van der Waals surface area (Å²) in [5, 5.41) is 6.02. The average Bonchev–Trinajstić information content (AvgIpc) is 3.17. The predicted molar refractivity (Wildman–Crippen MR) is 86.4 cm³/mol. The Balaban J connectivity index is 1.89. The molecule has 0 aliphatic rings. The van der Waals surface area contributed by atoms with Gasteiger partial charge < -0.3 is 0 Å². The second-order valence-corrected chi connectivity index (χ2v) is 5.83. The molecule has 4 aromatic rings. The first-order valence-electron chi connectivity index (χ1n) is 6.80. The number of nitrogens with zero attached hydrogens (tertiary/aromatic N) is 3. The molecular formula is C17H13N3S. The Morgan fingerprint density at radius 2 is 1.76 bits per heavy atom. The molecule has 102 valence electrons. The standard InChI is InChI=1S/C17H13N3S/c1-2-6-13(7-3-1)17-15-8-4-5-9-16(15)20(19-17)11-14-10-18-12-21-14/h1-10,12H,11H2. The van der Waals surface area contributed by atoms with E-state index in [9.17, 15) is 0 Å². The first-order chi connectivity index (χ1) is 10.4. The summed E-state index contributed by atoms with van der Waals surface area (Å²) < 4.78 is 2.06. The lowest BCUT2D eigenvalue weighted by atomic mass is 10.1. The Bertz CT molecular complexity index is 864. The molecule has 0 spiro atoms. The van der Waals surface area contributed by atoms with Crippen LogP contribution in [0.5, 0.6) is 0 Å². The van der Waals surface area contributed by atoms with Crippen LogP contribution in [0.1, 0.15) is 4.88 Å². The molecule has 0 bridgehead atoms. The van der Waals surface area contributed by atoms with Crippen LogP contribution in [0, 0.1) is 0 Å². The van der Waals surface area contributed by atoms with Crippen molar-refractivity contribution in [3.8, 4) is 11.3 Å². The molecule has 0 aliphatic carbocycles. The molecule has 2 heterocycles. The van der Waals surface area contributed by atoms with Crippen LogP contribution in [0.15, 0.2) is 66.3 Å². The number of aromatic nitrogens is 3. The largest absolute Gasteiger partial charge is 0.259 e. The minimum absolute atomic E-state index is 0.762. The van der Waals surface area contributed by atoms with Crippen molar-refractivity contribution in [2.75, 3.05) is 0 Å². The third kappa shape index (κ3) is 2.23. The zero-order chi connectivity index (χ0) is 14.1. The zero-order valence-corrected chi connectivity index (χ0v) is 12.1. The highest BCUT2D eigenvalue weighted by Crippen LogP contribution is 2.28. The first kappa shape index (κ1) is 12.3. The molecule has 0 aliphatic heterocycles. The molecule has 0 unspecified atom stereocenters. The number of fused-ring (bicyclic) bond motifs is 1. The van der Waals surface area contributed by atoms with Gasteiger partial charge in [-0.05, 0) is 6.07 Å². The van der Waals surface area contributed by atoms with Crippen molar-refractivity contribution in [1.29, 1.82) is 0 Å². The van der Waals surface area contributed by atoms with E-state index in [2.05, 4.69) is 46.1 Å². The summed E-state index contributed by atoms with van der Waals surface area (Å²) in [6.07, 6.45) is 1.91. The van der Waals surface area contributed by atoms with Crippen molar-refractivity contribution in [3.63, 3.8) is 0 Å². The number of hydrogen-bond acceptors (Lipinski definition) is 3. The van der Waals surface area contributed by atoms with Crippen LogP contribution in [0.3, 0.4) is 0 Å². The van der Waals surface area contributed by atoms with Gasteiger partial charge in [-0.3, -0.25) is 9.67 Å². The van der Waals surface area contributed by atoms with Gasteiger partial charge in [0.15, 0.2) is 0 Å². The van der Waals surface area contributed by atoms with Crippen LogP contribution in [0.4, 0.5) is 0 Å². The molecule has 2 aromatic heterocycles. The van der Waals surface area contributed by atoms with E-state index >= 15 is 0 Å². The maximum Gasteiger partial charge on any atom is 0.100 e. The van der Waals surface area contributed by atoms with Crippen LogP contribution in [-0.4, -0.2) is 14.8 Å². The maximum atomic E-state index is 4.83. The fourth-order valence-electron chi connectivity index (χ4n) is 2.53. The molecule has 0 radical (unpaired) electrons. The average molecular weight is 291 g/mol. The van der Waals surface area contributed by atoms with Gasteiger partial charge in [0.2, 0.25) is 0 Å². The monoisotopic (exact) mass is 291 g/mol. The Hall–Kier alpha value is -2.46. The lowest BCUT2D eigenvalue weighted by molar-refractivity contribution is 0.722. The van der Waals surface area contributed by atoms with E-state index in [0.29, 0.717) is 0 Å². The SMILES string of the molecule is c1ccc(-c2nn(Cc3cncs3)c3ccccc23)cc1. The minimum atomic E-state index is 0.762. The molecule has 0 amide bonds. The van der Waals surface area contributed by atoms with Crippen molar-refractivity contribution in [2.24, 2.45) is 0 Å². The predicted octanol–water partition coefficient (Wildman–Crippen LogP) is 4.21. The van der Waals surface area contributed by atoms with Crippen LogP contribution in [-0.2, 0) is 6.54 Å². The first-order valence-corrected chi connectivity index (χ1v) is 7.68. The molecule has 4 heteroatoms. The number of thiazole rings is 1. The number of rotatable bonds is 3. The molecule has 0 saturated carbocycles. The Morgan fingerprint density at radius 1 is 0.952 bits per heavy atom. The summed E-state index contributed by atoms with van der Waals surface area (Å²) in [5.74, 6) is 0. The van der Waals surface area contributed by atoms with Gasteiger partial charge in [-0.2, -0.15) is 5.10 Å². The van der Waals surface area contributed by atoms with Crippen molar-refractivity contribution in [3.05, 3.63) is 71.2 Å². The molecule has 0 fully saturated rings. The van der Waals surface area contributed by atoms with E-state index in [1.165, 1.54) is 10.3 Å². The van der Waals surface area contributed by atoms with Gasteiger partial charge in [-0.1, -0.05) is 48.5 Å². The van der Waals surface area contributed by atoms with Crippen molar-refractivity contribution in [1.82, 2.24) is 14.8 Å². The maximum absolute atomic E-state index is 4.83. The second kappa shape index (κ2) is 5.14. The second-order valence-electron chi connectivity index (χ2n) is 4.86. The van der Waals surface area contributed by atoms with Crippen molar-refractivity contribution >= 4 is 22.2 Å². The quantitative estimate of drug-likeness (QED) is 0.566. The van der Waals surface area contributed by atoms with Crippen LogP contribution < -0.4 is 0 Å². The number of para-hydroxylation sites is 1. The Labute approximate surface area is 126 Å². The third-order valence-corrected chi connectivity index (χ3v) is 4.26. The minimum Gasteiger partial charge on any atom is -0.259 e. The van der Waals surface area contributed by atoms with Gasteiger partial charge >= 0.3 is 0 Å². The topological polar surface area (TPSA) is 30.7 Å². The van der Waals surface area contributed by atoms with E-state index < -0.39 is 0 Å². The van der Waals surface area contributed by atoms with E-state index in [0.717, 1.165) is 23.3 Å². The lowest BCUT2D eigenvalue weighted by Gasteiger charge is -2.00. The molecule has 2 aromatic carbocycles. The normalized spacial score (nSPS) is 11.0. The molecule has 21 heavy (non-hydrogen) atoms. The molecule has 0 N–H and O–H groups in total. The Morgan fingerprint density at radius 3 is 2.57 bits per heavy atom. The molecule has 0 atom stereocenters. The van der Waals surface area contributed by atoms with Crippen LogP contribution >= 0.6 is 11.3 Å². The third-order valence-electron chi connectivity index (χ3n) is 3.49. The molecule has 3 nitrogen and oxygen atoms in total. The van der Waals surface area contributed by atoms with E-state index in [-0.39, 0.29) is 0 Å². The van der Waals surface area contributed by atoms with E-state index in [4.69, 9.17) is 5.10 Å². The molecule has 0 saturated heterocycles. The van der Waals surface area contributed by atoms with Crippen molar-refractivity contribution in [2.45, 2.75) is 6.54 Å². The molecular weight excluding hydrogens is 278 g/mol. The highest BCUT2D eigenvalue weighted by atomic mass is 32.1. The Kier molecular flexibility index (Phi) is 3.01. The van der Waals surface area contributed by atoms with Gasteiger partial charge in [0.05, 0.1) is 17.6 Å². The van der Waals surface area contributed by atoms with Gasteiger partial charge in [-0.25, -0.2) is 0 Å². The fourth-order valence-corrected chi connectivity index (χ4v) is 3.10. The summed E-state index contributed by atoms with van der Waals surface area (Å²) in [6.45, 7) is 0.762. The van der Waals surface area contributed by atoms with Gasteiger partial charge in [0.1, 0.15) is 5.69 Å². The smallest absolute Gasteiger partial charge is 0.100 e. The zero-order valence-electron chi connectivity index (χ0n) is 11.3. The summed E-state index contributed by atoms with van der Waals surface area (Å²) in [7, 11) is 0. The van der Waals surface area contributed by atoms with E-state index in [1.54, 1.807) is 11.3 Å². The summed E-state index contributed by atoms with van der Waals surface area (Å²) in [6, 6.07) is 18.7. The number of benzene rings is 2. The van der Waals surface area contributed by atoms with Crippen LogP contribution in [0.2, 0.25) is 0 Å². The molecule has 4 rings (SSSR count). The summed E-state index contributed by atoms with van der Waals surface area (Å²) in [4.78, 5) is 5.35. The highest BCUT2D eigenvalue weighted by molar-refractivity contribution is 7.09. The lowest BCUT2D eigenvalue weighted by Crippen LogP contribution is -1.99. The van der Waals surface area contributed by atoms with E-state index in [1.807, 2.05) is 29.9 Å². The van der Waals surface area contributed by atoms with Gasteiger partial charge in [0, 0.05) is 22.0 Å². The summed E-state index contributed by atoms with van der Waals surface area (Å²) in [5.41, 5.74) is 5.20. The van der Waals surface area contributed by atoms with Gasteiger partial charge in [-0.15, -0.1) is 11.3 Å². The highest BCUT2D eigenvalue weighted by Gasteiger charge is 2.12. The van der Waals surface area contributed by atoms with Gasteiger partial charge in [0.25, 0.3) is 0 Å². The van der Waals surface area contributed by atoms with Crippen molar-refractivity contribution < 1.29 is 0 Å². The number of hydrogen-bond donors (Lipinski definition) is 0. The summed E-state index contributed by atoms with van der Waals surface area (Å²) >= 11 is 1.66. The fraction of sp³-hybridized carbons (Fsp3) is 0.0588. The van der Waals surface area contributed by atoms with Crippen LogP contribution in [0.25, 0.3) is 22.2 Å².